The zero-order valence-corrected chi connectivity index (χ0v) is 11.7. The van der Waals surface area contributed by atoms with Gasteiger partial charge in [-0.3, -0.25) is 4.72 Å². The molecule has 0 amide bonds. The minimum absolute atomic E-state index is 0.127. The highest BCUT2D eigenvalue weighted by Crippen LogP contribution is 2.25. The van der Waals surface area contributed by atoms with Gasteiger partial charge in [0.05, 0.1) is 5.75 Å². The highest BCUT2D eigenvalue weighted by atomic mass is 32.2. The Kier molecular flexibility index (Phi) is 3.80. The maximum absolute atomic E-state index is 11.9. The van der Waals surface area contributed by atoms with Crippen LogP contribution >= 0.6 is 0 Å². The zero-order valence-electron chi connectivity index (χ0n) is 10.9. The van der Waals surface area contributed by atoms with Gasteiger partial charge >= 0.3 is 0 Å². The van der Waals surface area contributed by atoms with Crippen molar-refractivity contribution in [3.8, 4) is 0 Å². The normalized spacial score (nSPS) is 15.1. The molecule has 0 fully saturated rings. The molecule has 0 unspecified atom stereocenters. The molecule has 0 aromatic heterocycles. The van der Waals surface area contributed by atoms with Crippen LogP contribution in [-0.2, 0) is 16.4 Å². The molecule has 0 saturated heterocycles. The second-order valence-electron chi connectivity index (χ2n) is 5.18. The Labute approximate surface area is 109 Å². The molecular weight excluding hydrogens is 248 g/mol. The first kappa shape index (κ1) is 13.2. The summed E-state index contributed by atoms with van der Waals surface area (Å²) in [5, 5.41) is 3.31. The molecule has 0 atom stereocenters. The predicted molar refractivity (Wildman–Crippen MR) is 75.5 cm³/mol. The summed E-state index contributed by atoms with van der Waals surface area (Å²) in [6.45, 7) is 4.79. The second kappa shape index (κ2) is 5.18. The molecule has 0 radical (unpaired) electrons. The molecule has 0 spiro atoms. The molecule has 0 bridgehead atoms. The van der Waals surface area contributed by atoms with Gasteiger partial charge in [0, 0.05) is 17.9 Å². The monoisotopic (exact) mass is 268 g/mol. The number of hydrogen-bond acceptors (Lipinski definition) is 3. The lowest BCUT2D eigenvalue weighted by Gasteiger charge is -2.19. The van der Waals surface area contributed by atoms with Crippen molar-refractivity contribution in [2.24, 2.45) is 5.92 Å². The summed E-state index contributed by atoms with van der Waals surface area (Å²) in [5.41, 5.74) is 2.97. The number of rotatable bonds is 4. The molecule has 2 rings (SSSR count). The van der Waals surface area contributed by atoms with Crippen LogP contribution in [0.25, 0.3) is 0 Å². The average Bonchev–Trinajstić information content (AvgIpc) is 2.26. The van der Waals surface area contributed by atoms with Gasteiger partial charge in [-0.1, -0.05) is 13.8 Å². The maximum atomic E-state index is 11.9. The van der Waals surface area contributed by atoms with Gasteiger partial charge < -0.3 is 5.32 Å². The highest BCUT2D eigenvalue weighted by molar-refractivity contribution is 7.92. The van der Waals surface area contributed by atoms with E-state index in [1.165, 1.54) is 5.56 Å². The number of hydrogen-bond donors (Lipinski definition) is 2. The van der Waals surface area contributed by atoms with Crippen molar-refractivity contribution in [3.63, 3.8) is 0 Å². The maximum Gasteiger partial charge on any atom is 0.232 e. The SMILES string of the molecule is CC(C)CS(=O)(=O)Nc1ccc2c(c1)CCCN2. The fraction of sp³-hybridized carbons (Fsp3) is 0.538. The van der Waals surface area contributed by atoms with Crippen molar-refractivity contribution in [1.82, 2.24) is 0 Å². The Morgan fingerprint density at radius 3 is 2.89 bits per heavy atom. The standard InChI is InChI=1S/C13H20N2O2S/c1-10(2)9-18(16,17)15-12-5-6-13-11(8-12)4-3-7-14-13/h5-6,8,10,14-15H,3-4,7,9H2,1-2H3. The third-order valence-corrected chi connectivity index (χ3v) is 4.52. The molecule has 4 nitrogen and oxygen atoms in total. The van der Waals surface area contributed by atoms with E-state index in [1.807, 2.05) is 32.0 Å². The molecule has 1 aliphatic heterocycles. The van der Waals surface area contributed by atoms with Crippen LogP contribution in [0.1, 0.15) is 25.8 Å². The summed E-state index contributed by atoms with van der Waals surface area (Å²) in [5.74, 6) is 0.282. The van der Waals surface area contributed by atoms with E-state index in [1.54, 1.807) is 0 Å². The largest absolute Gasteiger partial charge is 0.385 e. The highest BCUT2D eigenvalue weighted by Gasteiger charge is 2.14. The molecule has 0 aliphatic carbocycles. The molecule has 1 heterocycles. The molecule has 100 valence electrons. The van der Waals surface area contributed by atoms with E-state index >= 15 is 0 Å². The van der Waals surface area contributed by atoms with Gasteiger partial charge in [-0.15, -0.1) is 0 Å². The molecule has 0 saturated carbocycles. The Balaban J connectivity index is 2.15. The van der Waals surface area contributed by atoms with E-state index in [-0.39, 0.29) is 11.7 Å². The first-order valence-corrected chi connectivity index (χ1v) is 7.99. The predicted octanol–water partition coefficient (Wildman–Crippen LogP) is 2.44. The van der Waals surface area contributed by atoms with Crippen LogP contribution in [0.5, 0.6) is 0 Å². The van der Waals surface area contributed by atoms with Crippen molar-refractivity contribution < 1.29 is 8.42 Å². The van der Waals surface area contributed by atoms with E-state index in [0.29, 0.717) is 5.69 Å². The van der Waals surface area contributed by atoms with E-state index in [0.717, 1.165) is 25.1 Å². The van der Waals surface area contributed by atoms with Crippen molar-refractivity contribution in [2.75, 3.05) is 22.3 Å². The molecule has 2 N–H and O–H groups in total. The van der Waals surface area contributed by atoms with E-state index in [4.69, 9.17) is 0 Å². The van der Waals surface area contributed by atoms with Gasteiger partial charge in [0.1, 0.15) is 0 Å². The van der Waals surface area contributed by atoms with Gasteiger partial charge in [0.25, 0.3) is 0 Å². The fourth-order valence-corrected chi connectivity index (χ4v) is 3.65. The van der Waals surface area contributed by atoms with Crippen LogP contribution in [0.15, 0.2) is 18.2 Å². The molecule has 1 aliphatic rings. The summed E-state index contributed by atoms with van der Waals surface area (Å²) >= 11 is 0. The molecule has 1 aromatic carbocycles. The number of nitrogens with one attached hydrogen (secondary N) is 2. The van der Waals surface area contributed by atoms with Gasteiger partial charge in [-0.05, 0) is 42.5 Å². The van der Waals surface area contributed by atoms with Crippen LogP contribution in [-0.4, -0.2) is 20.7 Å². The van der Waals surface area contributed by atoms with E-state index < -0.39 is 10.0 Å². The summed E-state index contributed by atoms with van der Waals surface area (Å²) in [6.07, 6.45) is 2.09. The van der Waals surface area contributed by atoms with Gasteiger partial charge in [0.2, 0.25) is 10.0 Å². The number of anilines is 2. The first-order chi connectivity index (χ1) is 8.46. The fourth-order valence-electron chi connectivity index (χ4n) is 2.20. The van der Waals surface area contributed by atoms with Crippen molar-refractivity contribution >= 4 is 21.4 Å². The third kappa shape index (κ3) is 3.38. The minimum atomic E-state index is -3.23. The lowest BCUT2D eigenvalue weighted by atomic mass is 10.0. The van der Waals surface area contributed by atoms with Crippen molar-refractivity contribution in [3.05, 3.63) is 23.8 Å². The van der Waals surface area contributed by atoms with Crippen LogP contribution < -0.4 is 10.0 Å². The number of benzene rings is 1. The van der Waals surface area contributed by atoms with Crippen LogP contribution in [0.4, 0.5) is 11.4 Å². The number of aryl methyl sites for hydroxylation is 1. The summed E-state index contributed by atoms with van der Waals surface area (Å²) in [4.78, 5) is 0. The molecule has 1 aromatic rings. The summed E-state index contributed by atoms with van der Waals surface area (Å²) in [7, 11) is -3.23. The number of sulfonamides is 1. The Bertz CT molecular complexity index is 524. The van der Waals surface area contributed by atoms with Gasteiger partial charge in [-0.2, -0.15) is 0 Å². The molecular formula is C13H20N2O2S. The average molecular weight is 268 g/mol. The number of fused-ring (bicyclic) bond motifs is 1. The van der Waals surface area contributed by atoms with Gasteiger partial charge in [-0.25, -0.2) is 8.42 Å². The first-order valence-electron chi connectivity index (χ1n) is 6.33. The Morgan fingerprint density at radius 2 is 2.17 bits per heavy atom. The van der Waals surface area contributed by atoms with Crippen molar-refractivity contribution in [2.45, 2.75) is 26.7 Å². The Morgan fingerprint density at radius 1 is 1.39 bits per heavy atom. The van der Waals surface area contributed by atoms with Crippen LogP contribution in [0.3, 0.4) is 0 Å². The second-order valence-corrected chi connectivity index (χ2v) is 6.95. The lowest BCUT2D eigenvalue weighted by molar-refractivity contribution is 0.587. The lowest BCUT2D eigenvalue weighted by Crippen LogP contribution is -2.20. The summed E-state index contributed by atoms with van der Waals surface area (Å²) < 4.78 is 26.3. The molecule has 18 heavy (non-hydrogen) atoms. The topological polar surface area (TPSA) is 58.2 Å². The molecule has 5 heteroatoms. The minimum Gasteiger partial charge on any atom is -0.385 e. The van der Waals surface area contributed by atoms with Gasteiger partial charge in [0.15, 0.2) is 0 Å². The summed E-state index contributed by atoms with van der Waals surface area (Å²) in [6, 6.07) is 5.69. The van der Waals surface area contributed by atoms with E-state index in [2.05, 4.69) is 10.0 Å². The van der Waals surface area contributed by atoms with Crippen molar-refractivity contribution in [1.29, 1.82) is 0 Å². The van der Waals surface area contributed by atoms with E-state index in [9.17, 15) is 8.42 Å². The zero-order chi connectivity index (χ0) is 13.2. The van der Waals surface area contributed by atoms with Crippen LogP contribution in [0, 0.1) is 5.92 Å². The smallest absolute Gasteiger partial charge is 0.232 e. The quantitative estimate of drug-likeness (QED) is 0.882. The Hall–Kier alpha value is -1.23. The third-order valence-electron chi connectivity index (χ3n) is 2.87. The van der Waals surface area contributed by atoms with Crippen LogP contribution in [0.2, 0.25) is 0 Å².